The maximum Gasteiger partial charge on any atom is 0.454 e. The Hall–Kier alpha value is -3.36. The number of carbonyl (C=O) groups excluding carboxylic acids is 3. The number of esters is 1. The normalized spacial score (nSPS) is 11.3. The summed E-state index contributed by atoms with van der Waals surface area (Å²) in [5.41, 5.74) is 0.393. The van der Waals surface area contributed by atoms with E-state index in [1.165, 1.54) is 30.3 Å². The van der Waals surface area contributed by atoms with E-state index < -0.39 is 30.3 Å². The van der Waals surface area contributed by atoms with E-state index in [4.69, 9.17) is 4.74 Å². The molecule has 136 valence electrons. The molecule has 0 amide bonds. The van der Waals surface area contributed by atoms with Gasteiger partial charge in [-0.1, -0.05) is 12.1 Å². The molecule has 0 bridgehead atoms. The van der Waals surface area contributed by atoms with Crippen molar-refractivity contribution in [3.8, 4) is 0 Å². The fraction of sp³-hybridized carbons (Fsp3) is 0.118. The van der Waals surface area contributed by atoms with E-state index >= 15 is 0 Å². The van der Waals surface area contributed by atoms with E-state index in [-0.39, 0.29) is 16.9 Å². The number of anilines is 1. The zero-order chi connectivity index (χ0) is 19.2. The van der Waals surface area contributed by atoms with Crippen LogP contribution in [-0.4, -0.2) is 35.3 Å². The topological polar surface area (TPSA) is 88.3 Å². The van der Waals surface area contributed by atoms with Gasteiger partial charge in [0.1, 0.15) is 0 Å². The monoisotopic (exact) mass is 366 g/mol. The van der Waals surface area contributed by atoms with Gasteiger partial charge in [0, 0.05) is 18.5 Å². The van der Waals surface area contributed by atoms with Crippen LogP contribution < -0.4 is 5.32 Å². The van der Waals surface area contributed by atoms with Crippen molar-refractivity contribution in [2.75, 3.05) is 11.9 Å². The number of halogens is 3. The molecule has 6 nitrogen and oxygen atoms in total. The molecule has 0 saturated carbocycles. The Balaban J connectivity index is 2.01. The summed E-state index contributed by atoms with van der Waals surface area (Å²) in [5.74, 6) is -3.32. The predicted octanol–water partition coefficient (Wildman–Crippen LogP) is 3.11. The van der Waals surface area contributed by atoms with Crippen LogP contribution in [0.5, 0.6) is 0 Å². The van der Waals surface area contributed by atoms with Crippen molar-refractivity contribution in [2.24, 2.45) is 0 Å². The van der Waals surface area contributed by atoms with Crippen molar-refractivity contribution in [2.45, 2.75) is 6.18 Å². The molecule has 0 aliphatic rings. The van der Waals surface area contributed by atoms with Crippen LogP contribution in [0, 0.1) is 0 Å². The van der Waals surface area contributed by atoms with Crippen LogP contribution >= 0.6 is 0 Å². The van der Waals surface area contributed by atoms with Crippen LogP contribution in [0.15, 0.2) is 54.9 Å². The highest BCUT2D eigenvalue weighted by Crippen LogP contribution is 2.18. The summed E-state index contributed by atoms with van der Waals surface area (Å²) in [6.07, 6.45) is -2.36. The Labute approximate surface area is 145 Å². The molecule has 26 heavy (non-hydrogen) atoms. The first-order chi connectivity index (χ1) is 12.3. The molecule has 0 unspecified atom stereocenters. The van der Waals surface area contributed by atoms with Crippen molar-refractivity contribution in [1.82, 2.24) is 4.98 Å². The lowest BCUT2D eigenvalue weighted by Gasteiger charge is -2.09. The second-order valence-electron chi connectivity index (χ2n) is 4.97. The lowest BCUT2D eigenvalue weighted by molar-refractivity contribution is -0.165. The van der Waals surface area contributed by atoms with Crippen molar-refractivity contribution >= 4 is 23.2 Å². The van der Waals surface area contributed by atoms with Gasteiger partial charge in [-0.25, -0.2) is 4.79 Å². The summed E-state index contributed by atoms with van der Waals surface area (Å²) in [6.45, 7) is -0.504. The highest BCUT2D eigenvalue weighted by atomic mass is 19.4. The van der Waals surface area contributed by atoms with E-state index in [0.29, 0.717) is 6.08 Å². The Kier molecular flexibility index (Phi) is 5.94. The first-order valence-electron chi connectivity index (χ1n) is 7.26. The molecule has 0 aliphatic heterocycles. The van der Waals surface area contributed by atoms with Gasteiger partial charge < -0.3 is 15.0 Å². The van der Waals surface area contributed by atoms with Crippen molar-refractivity contribution in [1.29, 1.82) is 0 Å². The van der Waals surface area contributed by atoms with Gasteiger partial charge in [0.15, 0.2) is 6.61 Å². The van der Waals surface area contributed by atoms with Crippen molar-refractivity contribution in [3.05, 3.63) is 66.1 Å². The van der Waals surface area contributed by atoms with Crippen LogP contribution in [0.2, 0.25) is 0 Å². The number of benzene rings is 1. The summed E-state index contributed by atoms with van der Waals surface area (Å²) >= 11 is 0. The lowest BCUT2D eigenvalue weighted by atomic mass is 10.2. The Morgan fingerprint density at radius 1 is 1.12 bits per heavy atom. The molecule has 0 atom stereocenters. The number of ketones is 2. The minimum absolute atomic E-state index is 0.00380. The number of Topliss-reactive ketones (excluding diaryl/α,β-unsaturated/α-hetero) is 1. The number of hydrogen-bond donors (Lipinski definition) is 2. The minimum Gasteiger partial charge on any atom is -0.454 e. The van der Waals surface area contributed by atoms with Gasteiger partial charge in [-0.05, 0) is 24.3 Å². The summed E-state index contributed by atoms with van der Waals surface area (Å²) in [7, 11) is 0. The number of H-pyrrole nitrogens is 1. The maximum absolute atomic E-state index is 12.1. The number of para-hydroxylation sites is 1. The summed E-state index contributed by atoms with van der Waals surface area (Å²) < 4.78 is 41.3. The second-order valence-corrected chi connectivity index (χ2v) is 4.97. The number of nitrogens with one attached hydrogen (secondary N) is 2. The highest BCUT2D eigenvalue weighted by molar-refractivity contribution is 6.00. The molecule has 2 aromatic rings. The molecule has 1 heterocycles. The number of hydrogen-bond acceptors (Lipinski definition) is 5. The van der Waals surface area contributed by atoms with Crippen LogP contribution in [0.3, 0.4) is 0 Å². The smallest absolute Gasteiger partial charge is 0.454 e. The summed E-state index contributed by atoms with van der Waals surface area (Å²) in [6, 6.07) is 8.95. The third kappa shape index (κ3) is 5.07. The van der Waals surface area contributed by atoms with E-state index in [9.17, 15) is 27.6 Å². The fourth-order valence-electron chi connectivity index (χ4n) is 1.88. The zero-order valence-electron chi connectivity index (χ0n) is 13.2. The van der Waals surface area contributed by atoms with E-state index in [1.807, 2.05) is 0 Å². The number of aromatic nitrogens is 1. The van der Waals surface area contributed by atoms with Gasteiger partial charge in [0.05, 0.1) is 16.9 Å². The van der Waals surface area contributed by atoms with Crippen molar-refractivity contribution < 1.29 is 32.3 Å². The first kappa shape index (κ1) is 19.0. The van der Waals surface area contributed by atoms with Crippen LogP contribution in [0.25, 0.3) is 0 Å². The molecular weight excluding hydrogens is 353 g/mol. The zero-order valence-corrected chi connectivity index (χ0v) is 13.2. The molecule has 9 heteroatoms. The Bertz CT molecular complexity index is 827. The van der Waals surface area contributed by atoms with E-state index in [1.54, 1.807) is 12.3 Å². The van der Waals surface area contributed by atoms with Gasteiger partial charge >= 0.3 is 12.1 Å². The van der Waals surface area contributed by atoms with Crippen LogP contribution in [-0.2, 0) is 9.53 Å². The number of aromatic amines is 1. The lowest BCUT2D eigenvalue weighted by Crippen LogP contribution is -2.20. The number of allylic oxidation sites excluding steroid dienone is 1. The molecule has 0 fully saturated rings. The molecule has 0 saturated heterocycles. The largest absolute Gasteiger partial charge is 0.454 e. The molecule has 1 aromatic heterocycles. The average Bonchev–Trinajstić information content (AvgIpc) is 3.13. The molecule has 2 rings (SSSR count). The quantitative estimate of drug-likeness (QED) is 0.447. The van der Waals surface area contributed by atoms with E-state index in [0.717, 1.165) is 6.20 Å². The molecular formula is C17H13F3N2O4. The molecule has 0 aliphatic carbocycles. The molecule has 2 N–H and O–H groups in total. The number of alkyl halides is 3. The number of rotatable bonds is 7. The number of carbonyl (C=O) groups is 3. The van der Waals surface area contributed by atoms with Crippen molar-refractivity contribution in [3.63, 3.8) is 0 Å². The first-order valence-corrected chi connectivity index (χ1v) is 7.26. The second kappa shape index (κ2) is 8.15. The Morgan fingerprint density at radius 3 is 2.50 bits per heavy atom. The molecule has 0 spiro atoms. The Morgan fingerprint density at radius 2 is 1.85 bits per heavy atom. The third-order valence-electron chi connectivity index (χ3n) is 3.13. The van der Waals surface area contributed by atoms with E-state index in [2.05, 4.69) is 10.3 Å². The highest BCUT2D eigenvalue weighted by Gasteiger charge is 2.36. The maximum atomic E-state index is 12.1. The van der Waals surface area contributed by atoms with Crippen LogP contribution in [0.1, 0.15) is 20.8 Å². The fourth-order valence-corrected chi connectivity index (χ4v) is 1.88. The van der Waals surface area contributed by atoms with Gasteiger partial charge in [-0.3, -0.25) is 9.59 Å². The minimum atomic E-state index is -4.98. The summed E-state index contributed by atoms with van der Waals surface area (Å²) in [4.78, 5) is 37.3. The molecule has 1 aromatic carbocycles. The van der Waals surface area contributed by atoms with Gasteiger partial charge in [-0.2, -0.15) is 13.2 Å². The van der Waals surface area contributed by atoms with Gasteiger partial charge in [0.2, 0.25) is 5.78 Å². The molecule has 0 radical (unpaired) electrons. The van der Waals surface area contributed by atoms with Gasteiger partial charge in [-0.15, -0.1) is 0 Å². The van der Waals surface area contributed by atoms with Gasteiger partial charge in [0.25, 0.3) is 5.78 Å². The number of ether oxygens (including phenoxy) is 1. The standard InChI is InChI=1S/C17H13F3N2O4/c18-17(19,20)15(24)7-9-22-12-5-2-1-4-11(12)16(25)26-10-14(23)13-6-3-8-21-13/h1-9,21-22H,10H2/b9-7+. The van der Waals surface area contributed by atoms with Crippen LogP contribution in [0.4, 0.5) is 18.9 Å². The summed E-state index contributed by atoms with van der Waals surface area (Å²) in [5, 5.41) is 2.42. The average molecular weight is 366 g/mol. The predicted molar refractivity (Wildman–Crippen MR) is 85.7 cm³/mol. The third-order valence-corrected chi connectivity index (χ3v) is 3.13. The SMILES string of the molecule is O=C(COC(=O)c1ccccc1N/C=C/C(=O)C(F)(F)F)c1ccc[nH]1.